The molecule has 0 aliphatic carbocycles. The molecular formula is C16H26. The van der Waals surface area contributed by atoms with Crippen LogP contribution >= 0.6 is 0 Å². The molecule has 0 aliphatic rings. The van der Waals surface area contributed by atoms with E-state index in [2.05, 4.69) is 51.7 Å². The van der Waals surface area contributed by atoms with Gasteiger partial charge >= 0.3 is 0 Å². The van der Waals surface area contributed by atoms with Gasteiger partial charge in [-0.15, -0.1) is 5.73 Å². The maximum absolute atomic E-state index is 3.31. The molecule has 0 fully saturated rings. The van der Waals surface area contributed by atoms with E-state index in [4.69, 9.17) is 0 Å². The van der Waals surface area contributed by atoms with Gasteiger partial charge in [0.2, 0.25) is 0 Å². The second-order valence-corrected chi connectivity index (χ2v) is 4.49. The molecule has 0 nitrogen and oxygen atoms in total. The predicted octanol–water partition coefficient (Wildman–Crippen LogP) is 5.58. The van der Waals surface area contributed by atoms with Crippen molar-refractivity contribution in [3.8, 4) is 0 Å². The minimum Gasteiger partial charge on any atom is -0.122 e. The Hall–Kier alpha value is -1.00. The Morgan fingerprint density at radius 3 is 2.38 bits per heavy atom. The lowest BCUT2D eigenvalue weighted by molar-refractivity contribution is 0.828. The highest BCUT2D eigenvalue weighted by Gasteiger charge is 1.87. The van der Waals surface area contributed by atoms with Crippen LogP contribution in [0.5, 0.6) is 0 Å². The van der Waals surface area contributed by atoms with Crippen molar-refractivity contribution >= 4 is 0 Å². The fourth-order valence-electron chi connectivity index (χ4n) is 1.31. The minimum atomic E-state index is 1.16. The summed E-state index contributed by atoms with van der Waals surface area (Å²) >= 11 is 0. The third-order valence-corrected chi connectivity index (χ3v) is 2.29. The molecule has 0 amide bonds. The van der Waals surface area contributed by atoms with Crippen molar-refractivity contribution in [2.24, 2.45) is 0 Å². The lowest BCUT2D eigenvalue weighted by Crippen LogP contribution is -1.75. The minimum absolute atomic E-state index is 1.16. The quantitative estimate of drug-likeness (QED) is 0.226. The van der Waals surface area contributed by atoms with E-state index in [1.165, 1.54) is 36.8 Å². The van der Waals surface area contributed by atoms with E-state index in [1.807, 2.05) is 6.08 Å². The summed E-state index contributed by atoms with van der Waals surface area (Å²) in [5.74, 6) is 0. The largest absolute Gasteiger partial charge is 0.122 e. The van der Waals surface area contributed by atoms with Crippen LogP contribution in [0.4, 0.5) is 0 Å². The van der Waals surface area contributed by atoms with Gasteiger partial charge < -0.3 is 0 Å². The Bertz CT molecular complexity index is 279. The molecule has 0 saturated heterocycles. The van der Waals surface area contributed by atoms with Gasteiger partial charge in [0.25, 0.3) is 0 Å². The SMILES string of the molecule is CCCC=CCCCC(C)=C=CC=C(C)C. The summed E-state index contributed by atoms with van der Waals surface area (Å²) in [6, 6.07) is 0. The summed E-state index contributed by atoms with van der Waals surface area (Å²) in [7, 11) is 0. The molecule has 0 spiro atoms. The van der Waals surface area contributed by atoms with Crippen LogP contribution in [0.25, 0.3) is 0 Å². The van der Waals surface area contributed by atoms with Gasteiger partial charge in [-0.1, -0.05) is 37.1 Å². The smallest absolute Gasteiger partial charge is 0.0201 e. The van der Waals surface area contributed by atoms with E-state index in [0.717, 1.165) is 6.42 Å². The summed E-state index contributed by atoms with van der Waals surface area (Å²) < 4.78 is 0. The Morgan fingerprint density at radius 2 is 1.75 bits per heavy atom. The van der Waals surface area contributed by atoms with Crippen molar-refractivity contribution in [1.29, 1.82) is 0 Å². The predicted molar refractivity (Wildman–Crippen MR) is 74.6 cm³/mol. The Morgan fingerprint density at radius 1 is 1.06 bits per heavy atom. The van der Waals surface area contributed by atoms with Gasteiger partial charge in [-0.3, -0.25) is 0 Å². The molecule has 0 rings (SSSR count). The topological polar surface area (TPSA) is 0 Å². The molecule has 0 bridgehead atoms. The van der Waals surface area contributed by atoms with Crippen LogP contribution in [0, 0.1) is 0 Å². The molecular weight excluding hydrogens is 192 g/mol. The zero-order chi connectivity index (χ0) is 12.2. The maximum atomic E-state index is 3.31. The van der Waals surface area contributed by atoms with Crippen molar-refractivity contribution in [3.05, 3.63) is 41.2 Å². The Balaban J connectivity index is 3.77. The fraction of sp³-hybridized carbons (Fsp3) is 0.562. The molecule has 0 radical (unpaired) electrons. The second-order valence-electron chi connectivity index (χ2n) is 4.49. The third kappa shape index (κ3) is 11.1. The van der Waals surface area contributed by atoms with Gasteiger partial charge in [0.1, 0.15) is 0 Å². The highest BCUT2D eigenvalue weighted by molar-refractivity contribution is 5.10. The van der Waals surface area contributed by atoms with Gasteiger partial charge in [-0.25, -0.2) is 0 Å². The Labute approximate surface area is 101 Å². The number of unbranched alkanes of at least 4 members (excludes halogenated alkanes) is 2. The van der Waals surface area contributed by atoms with E-state index >= 15 is 0 Å². The van der Waals surface area contributed by atoms with Gasteiger partial charge in [-0.05, 0) is 58.1 Å². The van der Waals surface area contributed by atoms with E-state index in [1.54, 1.807) is 0 Å². The number of hydrogen-bond acceptors (Lipinski definition) is 0. The van der Waals surface area contributed by atoms with Crippen LogP contribution in [0.3, 0.4) is 0 Å². The van der Waals surface area contributed by atoms with Crippen molar-refractivity contribution in [3.63, 3.8) is 0 Å². The maximum Gasteiger partial charge on any atom is -0.0201 e. The summed E-state index contributed by atoms with van der Waals surface area (Å²) in [6.45, 7) is 8.58. The zero-order valence-corrected chi connectivity index (χ0v) is 11.3. The fourth-order valence-corrected chi connectivity index (χ4v) is 1.31. The average molecular weight is 218 g/mol. The molecule has 0 atom stereocenters. The standard InChI is InChI=1S/C16H26/c1-5-6-7-8-9-10-13-16(4)14-11-12-15(2)3/h7-8,11-12H,5-6,9-10,13H2,1-4H3. The van der Waals surface area contributed by atoms with Crippen LogP contribution < -0.4 is 0 Å². The Kier molecular flexibility index (Phi) is 9.86. The van der Waals surface area contributed by atoms with E-state index in [-0.39, 0.29) is 0 Å². The van der Waals surface area contributed by atoms with Crippen LogP contribution in [0.15, 0.2) is 41.2 Å². The summed E-state index contributed by atoms with van der Waals surface area (Å²) in [5, 5.41) is 0. The monoisotopic (exact) mass is 218 g/mol. The van der Waals surface area contributed by atoms with E-state index < -0.39 is 0 Å². The molecule has 0 saturated carbocycles. The third-order valence-electron chi connectivity index (χ3n) is 2.29. The molecule has 16 heavy (non-hydrogen) atoms. The van der Waals surface area contributed by atoms with Gasteiger partial charge in [-0.2, -0.15) is 0 Å². The zero-order valence-electron chi connectivity index (χ0n) is 11.3. The molecule has 0 aromatic rings. The van der Waals surface area contributed by atoms with Crippen LogP contribution in [0.1, 0.15) is 59.8 Å². The second kappa shape index (κ2) is 10.5. The lowest BCUT2D eigenvalue weighted by atomic mass is 10.1. The first kappa shape index (κ1) is 15.0. The first-order valence-corrected chi connectivity index (χ1v) is 6.37. The molecule has 0 heterocycles. The lowest BCUT2D eigenvalue weighted by Gasteiger charge is -1.95. The number of hydrogen-bond donors (Lipinski definition) is 0. The molecule has 0 aromatic heterocycles. The number of allylic oxidation sites excluding steroid dienone is 5. The highest BCUT2D eigenvalue weighted by atomic mass is 13.9. The average Bonchev–Trinajstić information content (AvgIpc) is 2.22. The van der Waals surface area contributed by atoms with Crippen molar-refractivity contribution in [1.82, 2.24) is 0 Å². The normalized spacial score (nSPS) is 10.0. The van der Waals surface area contributed by atoms with E-state index in [0.29, 0.717) is 0 Å². The summed E-state index contributed by atoms with van der Waals surface area (Å²) in [4.78, 5) is 0. The molecule has 0 aliphatic heterocycles. The van der Waals surface area contributed by atoms with Crippen LogP contribution in [0.2, 0.25) is 0 Å². The summed E-state index contributed by atoms with van der Waals surface area (Å²) in [6.07, 6.45) is 14.8. The van der Waals surface area contributed by atoms with Crippen molar-refractivity contribution < 1.29 is 0 Å². The van der Waals surface area contributed by atoms with Crippen molar-refractivity contribution in [2.45, 2.75) is 59.8 Å². The first-order chi connectivity index (χ1) is 7.66. The molecule has 0 heteroatoms. The molecule has 90 valence electrons. The highest BCUT2D eigenvalue weighted by Crippen LogP contribution is 2.06. The van der Waals surface area contributed by atoms with Gasteiger partial charge in [0.15, 0.2) is 0 Å². The van der Waals surface area contributed by atoms with Crippen LogP contribution in [-0.4, -0.2) is 0 Å². The first-order valence-electron chi connectivity index (χ1n) is 6.37. The molecule has 0 N–H and O–H groups in total. The molecule has 0 aromatic carbocycles. The molecule has 0 unspecified atom stereocenters. The van der Waals surface area contributed by atoms with Crippen LogP contribution in [-0.2, 0) is 0 Å². The number of rotatable bonds is 7. The van der Waals surface area contributed by atoms with Gasteiger partial charge in [0, 0.05) is 0 Å². The van der Waals surface area contributed by atoms with Gasteiger partial charge in [0.05, 0.1) is 0 Å². The summed E-state index contributed by atoms with van der Waals surface area (Å²) in [5.41, 5.74) is 5.98. The van der Waals surface area contributed by atoms with E-state index in [9.17, 15) is 0 Å². The van der Waals surface area contributed by atoms with Crippen molar-refractivity contribution in [2.75, 3.05) is 0 Å².